The van der Waals surface area contributed by atoms with Gasteiger partial charge in [-0.2, -0.15) is 0 Å². The summed E-state index contributed by atoms with van der Waals surface area (Å²) in [4.78, 5) is 12.0. The number of benzene rings is 2. The quantitative estimate of drug-likeness (QED) is 0.765. The van der Waals surface area contributed by atoms with Crippen molar-refractivity contribution in [3.63, 3.8) is 0 Å². The van der Waals surface area contributed by atoms with Gasteiger partial charge in [-0.3, -0.25) is 4.79 Å². The second-order valence-electron chi connectivity index (χ2n) is 4.68. The maximum atomic E-state index is 13.4. The smallest absolute Gasteiger partial charge is 0.286 e. The predicted molar refractivity (Wildman–Crippen MR) is 85.0 cm³/mol. The molecular weight excluding hydrogens is 336 g/mol. The Hall–Kier alpha value is -2.87. The summed E-state index contributed by atoms with van der Waals surface area (Å²) in [6.07, 6.45) is 0. The molecule has 5 nitrogen and oxygen atoms in total. The SMILES string of the molecule is O=C(Nc1ccc(F)cc1)c1nnc(COc2ccccc2F)s1. The Kier molecular flexibility index (Phi) is 4.76. The minimum absolute atomic E-state index is 0.00241. The van der Waals surface area contributed by atoms with E-state index in [-0.39, 0.29) is 17.4 Å². The van der Waals surface area contributed by atoms with Gasteiger partial charge in [0, 0.05) is 5.69 Å². The number of halogens is 2. The number of aromatic nitrogens is 2. The normalized spacial score (nSPS) is 10.4. The highest BCUT2D eigenvalue weighted by Gasteiger charge is 2.14. The Bertz CT molecular complexity index is 853. The van der Waals surface area contributed by atoms with Gasteiger partial charge in [0.25, 0.3) is 5.91 Å². The van der Waals surface area contributed by atoms with Crippen molar-refractivity contribution in [1.82, 2.24) is 10.2 Å². The van der Waals surface area contributed by atoms with Crippen molar-refractivity contribution in [1.29, 1.82) is 0 Å². The van der Waals surface area contributed by atoms with Crippen LogP contribution >= 0.6 is 11.3 Å². The zero-order chi connectivity index (χ0) is 16.9. The van der Waals surface area contributed by atoms with E-state index in [9.17, 15) is 13.6 Å². The van der Waals surface area contributed by atoms with Gasteiger partial charge < -0.3 is 10.1 Å². The Morgan fingerprint density at radius 2 is 1.83 bits per heavy atom. The molecule has 24 heavy (non-hydrogen) atoms. The fourth-order valence-electron chi connectivity index (χ4n) is 1.82. The summed E-state index contributed by atoms with van der Waals surface area (Å²) in [7, 11) is 0. The maximum absolute atomic E-state index is 13.4. The summed E-state index contributed by atoms with van der Waals surface area (Å²) >= 11 is 1.03. The number of nitrogens with one attached hydrogen (secondary N) is 1. The van der Waals surface area contributed by atoms with E-state index in [1.165, 1.54) is 36.4 Å². The molecule has 122 valence electrons. The van der Waals surface area contributed by atoms with E-state index in [1.54, 1.807) is 12.1 Å². The van der Waals surface area contributed by atoms with Crippen LogP contribution in [-0.4, -0.2) is 16.1 Å². The van der Waals surface area contributed by atoms with Crippen molar-refractivity contribution in [3.05, 3.63) is 70.2 Å². The van der Waals surface area contributed by atoms with E-state index >= 15 is 0 Å². The van der Waals surface area contributed by atoms with Crippen molar-refractivity contribution in [3.8, 4) is 5.75 Å². The number of carbonyl (C=O) groups excluding carboxylic acids is 1. The van der Waals surface area contributed by atoms with Crippen molar-refractivity contribution >= 4 is 22.9 Å². The van der Waals surface area contributed by atoms with Crippen LogP contribution in [0.1, 0.15) is 14.8 Å². The molecule has 0 spiro atoms. The van der Waals surface area contributed by atoms with Gasteiger partial charge in [-0.15, -0.1) is 10.2 Å². The van der Waals surface area contributed by atoms with Crippen molar-refractivity contribution in [2.24, 2.45) is 0 Å². The summed E-state index contributed by atoms with van der Waals surface area (Å²) in [5.74, 6) is -1.23. The monoisotopic (exact) mass is 347 g/mol. The molecule has 0 unspecified atom stereocenters. The van der Waals surface area contributed by atoms with E-state index < -0.39 is 17.5 Å². The standard InChI is InChI=1S/C16H11F2N3O2S/c17-10-5-7-11(8-6-10)19-15(22)16-21-20-14(24-16)9-23-13-4-2-1-3-12(13)18/h1-8H,9H2,(H,19,22). The Balaban J connectivity index is 1.61. The van der Waals surface area contributed by atoms with Crippen LogP contribution in [0, 0.1) is 11.6 Å². The van der Waals surface area contributed by atoms with Gasteiger partial charge in [-0.05, 0) is 36.4 Å². The number of carbonyl (C=O) groups is 1. The lowest BCUT2D eigenvalue weighted by Crippen LogP contribution is -2.11. The lowest BCUT2D eigenvalue weighted by Gasteiger charge is -2.03. The molecule has 0 bridgehead atoms. The number of nitrogens with zero attached hydrogens (tertiary/aromatic N) is 2. The Morgan fingerprint density at radius 1 is 1.08 bits per heavy atom. The van der Waals surface area contributed by atoms with Gasteiger partial charge in [-0.1, -0.05) is 23.5 Å². The van der Waals surface area contributed by atoms with E-state index in [0.717, 1.165) is 11.3 Å². The minimum Gasteiger partial charge on any atom is -0.483 e. The van der Waals surface area contributed by atoms with Gasteiger partial charge in [0.05, 0.1) is 0 Å². The molecule has 0 saturated heterocycles. The molecule has 1 N–H and O–H groups in total. The number of amides is 1. The minimum atomic E-state index is -0.476. The van der Waals surface area contributed by atoms with Gasteiger partial charge in [0.2, 0.25) is 5.01 Å². The third kappa shape index (κ3) is 3.90. The molecule has 1 aromatic heterocycles. The molecule has 0 aliphatic rings. The van der Waals surface area contributed by atoms with E-state index in [2.05, 4.69) is 15.5 Å². The summed E-state index contributed by atoms with van der Waals surface area (Å²) in [5.41, 5.74) is 0.445. The number of rotatable bonds is 5. The zero-order valence-corrected chi connectivity index (χ0v) is 13.0. The van der Waals surface area contributed by atoms with Gasteiger partial charge in [0.15, 0.2) is 16.6 Å². The molecule has 8 heteroatoms. The second kappa shape index (κ2) is 7.14. The van der Waals surface area contributed by atoms with Crippen LogP contribution in [0.5, 0.6) is 5.75 Å². The first-order chi connectivity index (χ1) is 11.6. The first-order valence-corrected chi connectivity index (χ1v) is 7.70. The molecule has 1 amide bonds. The molecule has 2 aromatic carbocycles. The largest absolute Gasteiger partial charge is 0.483 e. The van der Waals surface area contributed by atoms with E-state index in [1.807, 2.05) is 0 Å². The first-order valence-electron chi connectivity index (χ1n) is 6.88. The van der Waals surface area contributed by atoms with Crippen LogP contribution in [0.15, 0.2) is 48.5 Å². The highest BCUT2D eigenvalue weighted by atomic mass is 32.1. The summed E-state index contributed by atoms with van der Waals surface area (Å²) in [6.45, 7) is 0.00241. The summed E-state index contributed by atoms with van der Waals surface area (Å²) < 4.78 is 31.6. The van der Waals surface area contributed by atoms with Gasteiger partial charge in [-0.25, -0.2) is 8.78 Å². The van der Waals surface area contributed by atoms with Crippen LogP contribution in [0.25, 0.3) is 0 Å². The third-order valence-corrected chi connectivity index (χ3v) is 3.85. The van der Waals surface area contributed by atoms with Crippen molar-refractivity contribution < 1.29 is 18.3 Å². The first kappa shape index (κ1) is 16.0. The van der Waals surface area contributed by atoms with Crippen LogP contribution in [-0.2, 0) is 6.61 Å². The molecule has 0 aliphatic carbocycles. The number of hydrogen-bond acceptors (Lipinski definition) is 5. The molecule has 0 saturated carbocycles. The van der Waals surface area contributed by atoms with E-state index in [4.69, 9.17) is 4.74 Å². The Morgan fingerprint density at radius 3 is 2.58 bits per heavy atom. The number of para-hydroxylation sites is 1. The lowest BCUT2D eigenvalue weighted by molar-refractivity contribution is 0.102. The molecule has 3 rings (SSSR count). The number of hydrogen-bond donors (Lipinski definition) is 1. The molecule has 0 atom stereocenters. The molecular formula is C16H11F2N3O2S. The van der Waals surface area contributed by atoms with Crippen LogP contribution in [0.2, 0.25) is 0 Å². The van der Waals surface area contributed by atoms with Crippen LogP contribution < -0.4 is 10.1 Å². The van der Waals surface area contributed by atoms with Crippen LogP contribution in [0.4, 0.5) is 14.5 Å². The van der Waals surface area contributed by atoms with E-state index in [0.29, 0.717) is 10.7 Å². The lowest BCUT2D eigenvalue weighted by atomic mass is 10.3. The summed E-state index contributed by atoms with van der Waals surface area (Å²) in [6, 6.07) is 11.4. The van der Waals surface area contributed by atoms with Crippen molar-refractivity contribution in [2.45, 2.75) is 6.61 Å². The maximum Gasteiger partial charge on any atom is 0.286 e. The highest BCUT2D eigenvalue weighted by Crippen LogP contribution is 2.19. The fourth-order valence-corrected chi connectivity index (χ4v) is 2.47. The van der Waals surface area contributed by atoms with Crippen LogP contribution in [0.3, 0.4) is 0 Å². The topological polar surface area (TPSA) is 64.1 Å². The molecule has 3 aromatic rings. The third-order valence-electron chi connectivity index (χ3n) is 2.95. The fraction of sp³-hybridized carbons (Fsp3) is 0.0625. The van der Waals surface area contributed by atoms with Gasteiger partial charge >= 0.3 is 0 Å². The number of anilines is 1. The molecule has 0 aliphatic heterocycles. The van der Waals surface area contributed by atoms with Gasteiger partial charge in [0.1, 0.15) is 12.4 Å². The number of ether oxygens (including phenoxy) is 1. The molecule has 0 fully saturated rings. The Labute approximate surface area is 139 Å². The predicted octanol–water partition coefficient (Wildman–Crippen LogP) is 3.65. The molecule has 0 radical (unpaired) electrons. The average molecular weight is 347 g/mol. The van der Waals surface area contributed by atoms with Crippen molar-refractivity contribution in [2.75, 3.05) is 5.32 Å². The average Bonchev–Trinajstić information content (AvgIpc) is 3.05. The second-order valence-corrected chi connectivity index (χ2v) is 5.74. The molecule has 1 heterocycles. The highest BCUT2D eigenvalue weighted by molar-refractivity contribution is 7.13. The zero-order valence-electron chi connectivity index (χ0n) is 12.2. The summed E-state index contributed by atoms with van der Waals surface area (Å²) in [5, 5.41) is 10.8.